The molecule has 84 valence electrons. The van der Waals surface area contributed by atoms with Crippen molar-refractivity contribution in [3.8, 4) is 10.4 Å². The van der Waals surface area contributed by atoms with Gasteiger partial charge in [-0.05, 0) is 30.1 Å². The Morgan fingerprint density at radius 2 is 2.12 bits per heavy atom. The van der Waals surface area contributed by atoms with Gasteiger partial charge in [0, 0.05) is 17.0 Å². The number of hydrogen-bond acceptors (Lipinski definition) is 2. The predicted molar refractivity (Wildman–Crippen MR) is 62.4 cm³/mol. The van der Waals surface area contributed by atoms with Crippen LogP contribution in [0.25, 0.3) is 10.4 Å². The molecule has 0 atom stereocenters. The Morgan fingerprint density at radius 1 is 1.31 bits per heavy atom. The van der Waals surface area contributed by atoms with Gasteiger partial charge in [-0.1, -0.05) is 12.1 Å². The summed E-state index contributed by atoms with van der Waals surface area (Å²) in [5.41, 5.74) is 1.40. The largest absolute Gasteiger partial charge is 0.316 e. The molecule has 0 unspecified atom stereocenters. The second-order valence-electron chi connectivity index (χ2n) is 3.45. The summed E-state index contributed by atoms with van der Waals surface area (Å²) in [5.74, 6) is -1.58. The SMILES string of the molecule is CNCc1csc(-c2cccc(F)c2F)c1. The van der Waals surface area contributed by atoms with Crippen molar-refractivity contribution in [1.29, 1.82) is 0 Å². The van der Waals surface area contributed by atoms with Gasteiger partial charge in [-0.2, -0.15) is 0 Å². The maximum atomic E-state index is 13.5. The highest BCUT2D eigenvalue weighted by Gasteiger charge is 2.11. The first-order valence-corrected chi connectivity index (χ1v) is 5.76. The molecule has 0 saturated heterocycles. The molecule has 0 radical (unpaired) electrons. The van der Waals surface area contributed by atoms with Crippen molar-refractivity contribution in [2.75, 3.05) is 7.05 Å². The van der Waals surface area contributed by atoms with Crippen LogP contribution in [0.4, 0.5) is 8.78 Å². The van der Waals surface area contributed by atoms with Crippen molar-refractivity contribution in [1.82, 2.24) is 5.32 Å². The third-order valence-electron chi connectivity index (χ3n) is 2.25. The van der Waals surface area contributed by atoms with E-state index >= 15 is 0 Å². The molecular formula is C12H11F2NS. The summed E-state index contributed by atoms with van der Waals surface area (Å²) in [7, 11) is 1.85. The fourth-order valence-electron chi connectivity index (χ4n) is 1.51. The molecule has 0 aliphatic rings. The number of benzene rings is 1. The molecule has 0 aliphatic heterocycles. The molecule has 0 spiro atoms. The Hall–Kier alpha value is -1.26. The van der Waals surface area contributed by atoms with Crippen LogP contribution in [0.5, 0.6) is 0 Å². The molecule has 4 heteroatoms. The molecule has 0 saturated carbocycles. The van der Waals surface area contributed by atoms with E-state index < -0.39 is 11.6 Å². The zero-order valence-corrected chi connectivity index (χ0v) is 9.57. The minimum Gasteiger partial charge on any atom is -0.316 e. The number of hydrogen-bond donors (Lipinski definition) is 1. The van der Waals surface area contributed by atoms with Gasteiger partial charge in [-0.15, -0.1) is 11.3 Å². The Morgan fingerprint density at radius 3 is 2.88 bits per heavy atom. The molecule has 1 aromatic carbocycles. The van der Waals surface area contributed by atoms with Crippen molar-refractivity contribution >= 4 is 11.3 Å². The zero-order valence-electron chi connectivity index (χ0n) is 8.76. The normalized spacial score (nSPS) is 10.7. The van der Waals surface area contributed by atoms with Crippen LogP contribution in [-0.4, -0.2) is 7.05 Å². The minimum absolute atomic E-state index is 0.326. The highest BCUT2D eigenvalue weighted by atomic mass is 32.1. The van der Waals surface area contributed by atoms with Gasteiger partial charge in [0.1, 0.15) is 0 Å². The third-order valence-corrected chi connectivity index (χ3v) is 3.26. The summed E-state index contributed by atoms with van der Waals surface area (Å²) in [6, 6.07) is 6.11. The van der Waals surface area contributed by atoms with Gasteiger partial charge < -0.3 is 5.32 Å². The van der Waals surface area contributed by atoms with Gasteiger partial charge in [0.25, 0.3) is 0 Å². The Kier molecular flexibility index (Phi) is 3.31. The van der Waals surface area contributed by atoms with E-state index in [0.29, 0.717) is 5.56 Å². The first-order chi connectivity index (χ1) is 7.72. The Bertz CT molecular complexity index is 494. The molecule has 1 heterocycles. The van der Waals surface area contributed by atoms with E-state index in [0.717, 1.165) is 23.1 Å². The number of rotatable bonds is 3. The second kappa shape index (κ2) is 4.72. The molecule has 0 aliphatic carbocycles. The maximum absolute atomic E-state index is 13.5. The average molecular weight is 239 g/mol. The van der Waals surface area contributed by atoms with Gasteiger partial charge in [-0.25, -0.2) is 8.78 Å². The monoisotopic (exact) mass is 239 g/mol. The Balaban J connectivity index is 2.39. The van der Waals surface area contributed by atoms with E-state index in [1.54, 1.807) is 6.07 Å². The van der Waals surface area contributed by atoms with Crippen molar-refractivity contribution in [2.45, 2.75) is 6.54 Å². The first-order valence-electron chi connectivity index (χ1n) is 4.88. The second-order valence-corrected chi connectivity index (χ2v) is 4.36. The molecular weight excluding hydrogens is 228 g/mol. The maximum Gasteiger partial charge on any atom is 0.167 e. The predicted octanol–water partition coefficient (Wildman–Crippen LogP) is 3.41. The number of thiophene rings is 1. The smallest absolute Gasteiger partial charge is 0.167 e. The van der Waals surface area contributed by atoms with Crippen molar-refractivity contribution in [3.63, 3.8) is 0 Å². The van der Waals surface area contributed by atoms with E-state index in [1.807, 2.05) is 18.5 Å². The van der Waals surface area contributed by atoms with Gasteiger partial charge in [0.05, 0.1) is 0 Å². The average Bonchev–Trinajstić information content (AvgIpc) is 2.71. The van der Waals surface area contributed by atoms with E-state index in [2.05, 4.69) is 5.32 Å². The number of halogens is 2. The van der Waals surface area contributed by atoms with Crippen molar-refractivity contribution in [3.05, 3.63) is 46.8 Å². The lowest BCUT2D eigenvalue weighted by Crippen LogP contribution is -2.03. The lowest BCUT2D eigenvalue weighted by Gasteiger charge is -2.00. The van der Waals surface area contributed by atoms with E-state index in [9.17, 15) is 8.78 Å². The summed E-state index contributed by atoms with van der Waals surface area (Å²) in [4.78, 5) is 0.752. The summed E-state index contributed by atoms with van der Waals surface area (Å²) in [5, 5.41) is 4.95. The lowest BCUT2D eigenvalue weighted by atomic mass is 10.1. The van der Waals surface area contributed by atoms with Crippen LogP contribution in [0.15, 0.2) is 29.6 Å². The van der Waals surface area contributed by atoms with Crippen LogP contribution in [0.1, 0.15) is 5.56 Å². The highest BCUT2D eigenvalue weighted by molar-refractivity contribution is 7.13. The van der Waals surface area contributed by atoms with Crippen molar-refractivity contribution in [2.24, 2.45) is 0 Å². The van der Waals surface area contributed by atoms with Crippen LogP contribution in [0, 0.1) is 11.6 Å². The van der Waals surface area contributed by atoms with Crippen LogP contribution in [-0.2, 0) is 6.54 Å². The molecule has 1 aromatic heterocycles. The van der Waals surface area contributed by atoms with Crippen LogP contribution >= 0.6 is 11.3 Å². The highest BCUT2D eigenvalue weighted by Crippen LogP contribution is 2.30. The molecule has 1 nitrogen and oxygen atoms in total. The van der Waals surface area contributed by atoms with Crippen LogP contribution < -0.4 is 5.32 Å². The minimum atomic E-state index is -0.805. The van der Waals surface area contributed by atoms with Gasteiger partial charge in [0.2, 0.25) is 0 Å². The molecule has 0 fully saturated rings. The van der Waals surface area contributed by atoms with Gasteiger partial charge in [-0.3, -0.25) is 0 Å². The summed E-state index contributed by atoms with van der Waals surface area (Å²) in [6.45, 7) is 0.730. The zero-order chi connectivity index (χ0) is 11.5. The third kappa shape index (κ3) is 2.13. The fraction of sp³-hybridized carbons (Fsp3) is 0.167. The Labute approximate surface area is 96.7 Å². The topological polar surface area (TPSA) is 12.0 Å². The van der Waals surface area contributed by atoms with Gasteiger partial charge in [0.15, 0.2) is 11.6 Å². The molecule has 1 N–H and O–H groups in total. The summed E-state index contributed by atoms with van der Waals surface area (Å²) >= 11 is 1.42. The van der Waals surface area contributed by atoms with Crippen LogP contribution in [0.3, 0.4) is 0 Å². The summed E-state index contributed by atoms with van der Waals surface area (Å²) in [6.07, 6.45) is 0. The lowest BCUT2D eigenvalue weighted by molar-refractivity contribution is 0.511. The molecule has 2 rings (SSSR count). The fourth-order valence-corrected chi connectivity index (χ4v) is 2.44. The standard InChI is InChI=1S/C12H11F2NS/c1-15-6-8-5-11(16-7-8)9-3-2-4-10(13)12(9)14/h2-5,7,15H,6H2,1H3. The quantitative estimate of drug-likeness (QED) is 0.865. The molecule has 16 heavy (non-hydrogen) atoms. The molecule has 2 aromatic rings. The van der Waals surface area contributed by atoms with E-state index in [1.165, 1.54) is 17.4 Å². The number of nitrogens with one attached hydrogen (secondary N) is 1. The molecule has 0 amide bonds. The van der Waals surface area contributed by atoms with Gasteiger partial charge >= 0.3 is 0 Å². The first kappa shape index (κ1) is 11.2. The van der Waals surface area contributed by atoms with E-state index in [-0.39, 0.29) is 0 Å². The van der Waals surface area contributed by atoms with Crippen molar-refractivity contribution < 1.29 is 8.78 Å². The van der Waals surface area contributed by atoms with E-state index in [4.69, 9.17) is 0 Å². The summed E-state index contributed by atoms with van der Waals surface area (Å²) < 4.78 is 26.5. The molecule has 0 bridgehead atoms. The van der Waals surface area contributed by atoms with Crippen LogP contribution in [0.2, 0.25) is 0 Å².